The van der Waals surface area contributed by atoms with Crippen molar-refractivity contribution >= 4 is 9.73 Å². The van der Waals surface area contributed by atoms with Crippen LogP contribution in [0.1, 0.15) is 52.4 Å². The van der Waals surface area contributed by atoms with E-state index in [0.29, 0.717) is 6.04 Å². The highest BCUT2D eigenvalue weighted by Crippen LogP contribution is 2.31. The molecule has 0 unspecified atom stereocenters. The van der Waals surface area contributed by atoms with Gasteiger partial charge >= 0.3 is 0 Å². The van der Waals surface area contributed by atoms with Gasteiger partial charge in [-0.15, -0.1) is 0 Å². The van der Waals surface area contributed by atoms with Crippen LogP contribution < -0.4 is 0 Å². The molecule has 0 spiro atoms. The maximum atomic E-state index is 12.7. The standard InChI is InChI=1S/C16H32N2OS/c1-14(2)4-5-15-6-8-16(9-7-15)17-20(19)12-10-18(3)11-13-20/h14-16H,4-13H2,1-3H3. The van der Waals surface area contributed by atoms with Crippen LogP contribution in [0.25, 0.3) is 0 Å². The first-order valence-electron chi connectivity index (χ1n) is 8.37. The van der Waals surface area contributed by atoms with Crippen LogP contribution in [0, 0.1) is 11.8 Å². The number of hydrogen-bond donors (Lipinski definition) is 0. The van der Waals surface area contributed by atoms with Crippen LogP contribution in [0.4, 0.5) is 0 Å². The van der Waals surface area contributed by atoms with Gasteiger partial charge in [0.2, 0.25) is 0 Å². The van der Waals surface area contributed by atoms with Gasteiger partial charge in [0.25, 0.3) is 0 Å². The third-order valence-electron chi connectivity index (χ3n) is 4.89. The van der Waals surface area contributed by atoms with Crippen molar-refractivity contribution in [2.45, 2.75) is 58.4 Å². The van der Waals surface area contributed by atoms with Crippen LogP contribution in [0.15, 0.2) is 4.36 Å². The molecule has 0 atom stereocenters. The Morgan fingerprint density at radius 2 is 1.75 bits per heavy atom. The summed E-state index contributed by atoms with van der Waals surface area (Å²) < 4.78 is 17.5. The molecule has 1 saturated heterocycles. The average Bonchev–Trinajstić information content (AvgIpc) is 2.42. The number of hydrogen-bond acceptors (Lipinski definition) is 3. The van der Waals surface area contributed by atoms with E-state index >= 15 is 0 Å². The lowest BCUT2D eigenvalue weighted by atomic mass is 9.82. The van der Waals surface area contributed by atoms with Crippen molar-refractivity contribution in [2.75, 3.05) is 31.6 Å². The van der Waals surface area contributed by atoms with Crippen molar-refractivity contribution in [2.24, 2.45) is 16.2 Å². The Bertz CT molecular complexity index is 391. The molecule has 20 heavy (non-hydrogen) atoms. The smallest absolute Gasteiger partial charge is 0.0594 e. The minimum atomic E-state index is -1.88. The third-order valence-corrected chi connectivity index (χ3v) is 7.22. The fourth-order valence-electron chi connectivity index (χ4n) is 3.30. The van der Waals surface area contributed by atoms with Gasteiger partial charge in [0.05, 0.1) is 6.04 Å². The molecule has 2 rings (SSSR count). The van der Waals surface area contributed by atoms with Gasteiger partial charge in [0.1, 0.15) is 0 Å². The second-order valence-electron chi connectivity index (χ2n) is 7.24. The molecule has 1 aliphatic heterocycles. The Morgan fingerprint density at radius 3 is 2.30 bits per heavy atom. The zero-order chi connectivity index (χ0) is 14.6. The van der Waals surface area contributed by atoms with Crippen molar-refractivity contribution in [3.8, 4) is 0 Å². The first kappa shape index (κ1) is 16.3. The Balaban J connectivity index is 1.80. The SMILES string of the molecule is CC(C)CCC1CCC(N=S2(=O)CCN(C)CC2)CC1. The predicted octanol–water partition coefficient (Wildman–Crippen LogP) is 3.39. The van der Waals surface area contributed by atoms with E-state index in [4.69, 9.17) is 4.36 Å². The summed E-state index contributed by atoms with van der Waals surface area (Å²) in [6, 6.07) is 0.390. The summed E-state index contributed by atoms with van der Waals surface area (Å²) in [6.45, 7) is 6.52. The van der Waals surface area contributed by atoms with Gasteiger partial charge in [-0.25, -0.2) is 8.57 Å². The Hall–Kier alpha value is -0.0900. The molecule has 1 saturated carbocycles. The Kier molecular flexibility index (Phi) is 5.91. The van der Waals surface area contributed by atoms with Crippen LogP contribution in [-0.4, -0.2) is 46.8 Å². The van der Waals surface area contributed by atoms with E-state index in [1.165, 1.54) is 38.5 Å². The fraction of sp³-hybridized carbons (Fsp3) is 1.00. The summed E-state index contributed by atoms with van der Waals surface area (Å²) in [6.07, 6.45) is 7.69. The number of rotatable bonds is 4. The summed E-state index contributed by atoms with van der Waals surface area (Å²) in [5, 5.41) is 0. The van der Waals surface area contributed by atoms with Gasteiger partial charge in [-0.2, -0.15) is 0 Å². The van der Waals surface area contributed by atoms with E-state index in [2.05, 4.69) is 25.8 Å². The molecule has 4 heteroatoms. The zero-order valence-corrected chi connectivity index (χ0v) is 14.3. The molecular weight excluding hydrogens is 268 g/mol. The van der Waals surface area contributed by atoms with Gasteiger partial charge in [-0.3, -0.25) is 0 Å². The fourth-order valence-corrected chi connectivity index (χ4v) is 5.66. The van der Waals surface area contributed by atoms with E-state index in [0.717, 1.165) is 36.4 Å². The van der Waals surface area contributed by atoms with Gasteiger partial charge in [-0.1, -0.05) is 26.7 Å². The van der Waals surface area contributed by atoms with Crippen LogP contribution in [0.2, 0.25) is 0 Å². The molecule has 0 aromatic rings. The molecule has 3 nitrogen and oxygen atoms in total. The minimum absolute atomic E-state index is 0.390. The quantitative estimate of drug-likeness (QED) is 0.797. The monoisotopic (exact) mass is 300 g/mol. The lowest BCUT2D eigenvalue weighted by Gasteiger charge is -2.29. The molecule has 1 aliphatic carbocycles. The Labute approximate surface area is 125 Å². The largest absolute Gasteiger partial charge is 0.304 e. The topological polar surface area (TPSA) is 32.7 Å². The minimum Gasteiger partial charge on any atom is -0.304 e. The maximum Gasteiger partial charge on any atom is 0.0594 e. The van der Waals surface area contributed by atoms with E-state index < -0.39 is 9.73 Å². The summed E-state index contributed by atoms with van der Waals surface area (Å²) in [5.41, 5.74) is 0. The lowest BCUT2D eigenvalue weighted by Crippen LogP contribution is -2.38. The van der Waals surface area contributed by atoms with Crippen LogP contribution in [-0.2, 0) is 9.73 Å². The Morgan fingerprint density at radius 1 is 1.15 bits per heavy atom. The van der Waals surface area contributed by atoms with Crippen LogP contribution in [0.3, 0.4) is 0 Å². The molecule has 0 aromatic heterocycles. The average molecular weight is 301 g/mol. The summed E-state index contributed by atoms with van der Waals surface area (Å²) in [7, 11) is 0.227. The number of nitrogens with zero attached hydrogens (tertiary/aromatic N) is 2. The second kappa shape index (κ2) is 7.26. The van der Waals surface area contributed by atoms with E-state index in [-0.39, 0.29) is 0 Å². The molecule has 0 radical (unpaired) electrons. The normalized spacial score (nSPS) is 31.4. The molecule has 0 aromatic carbocycles. The van der Waals surface area contributed by atoms with Gasteiger partial charge < -0.3 is 4.90 Å². The molecule has 0 amide bonds. The first-order valence-corrected chi connectivity index (χ1v) is 10.2. The highest BCUT2D eigenvalue weighted by Gasteiger charge is 2.24. The molecule has 2 aliphatic rings. The van der Waals surface area contributed by atoms with Gasteiger partial charge in [-0.05, 0) is 44.6 Å². The van der Waals surface area contributed by atoms with Crippen molar-refractivity contribution < 1.29 is 4.21 Å². The van der Waals surface area contributed by atoms with Crippen molar-refractivity contribution in [1.82, 2.24) is 4.90 Å². The second-order valence-corrected chi connectivity index (χ2v) is 9.81. The van der Waals surface area contributed by atoms with Gasteiger partial charge in [0, 0.05) is 34.3 Å². The van der Waals surface area contributed by atoms with Crippen LogP contribution in [0.5, 0.6) is 0 Å². The molecule has 0 N–H and O–H groups in total. The lowest BCUT2D eigenvalue weighted by molar-refractivity contribution is 0.295. The maximum absolute atomic E-state index is 12.7. The molecular formula is C16H32N2OS. The highest BCUT2D eigenvalue weighted by molar-refractivity contribution is 7.93. The first-order chi connectivity index (χ1) is 9.47. The molecule has 118 valence electrons. The summed E-state index contributed by atoms with van der Waals surface area (Å²) >= 11 is 0. The van der Waals surface area contributed by atoms with Crippen LogP contribution >= 0.6 is 0 Å². The zero-order valence-electron chi connectivity index (χ0n) is 13.5. The highest BCUT2D eigenvalue weighted by atomic mass is 32.2. The van der Waals surface area contributed by atoms with E-state index in [9.17, 15) is 4.21 Å². The molecule has 2 fully saturated rings. The van der Waals surface area contributed by atoms with Gasteiger partial charge in [0.15, 0.2) is 0 Å². The van der Waals surface area contributed by atoms with Crippen molar-refractivity contribution in [1.29, 1.82) is 0 Å². The van der Waals surface area contributed by atoms with E-state index in [1.807, 2.05) is 0 Å². The van der Waals surface area contributed by atoms with Crippen molar-refractivity contribution in [3.63, 3.8) is 0 Å². The van der Waals surface area contributed by atoms with Crippen molar-refractivity contribution in [3.05, 3.63) is 0 Å². The van der Waals surface area contributed by atoms with E-state index in [1.54, 1.807) is 0 Å². The summed E-state index contributed by atoms with van der Waals surface area (Å²) in [5.74, 6) is 3.30. The molecule has 1 heterocycles. The third kappa shape index (κ3) is 5.03. The summed E-state index contributed by atoms with van der Waals surface area (Å²) in [4.78, 5) is 2.27. The molecule has 0 bridgehead atoms. The predicted molar refractivity (Wildman–Crippen MR) is 87.6 cm³/mol.